The molecular weight excluding hydrogens is 316 g/mol. The molecule has 0 saturated carbocycles. The van der Waals surface area contributed by atoms with Crippen LogP contribution in [0.2, 0.25) is 0 Å². The minimum absolute atomic E-state index is 0.00772. The monoisotopic (exact) mass is 344 g/mol. The zero-order chi connectivity index (χ0) is 18.6. The Labute approximate surface area is 149 Å². The number of hydrogen-bond acceptors (Lipinski definition) is 3. The fourth-order valence-electron chi connectivity index (χ4n) is 2.83. The van der Waals surface area contributed by atoms with Gasteiger partial charge in [0.2, 0.25) is 11.8 Å². The van der Waals surface area contributed by atoms with Gasteiger partial charge >= 0.3 is 0 Å². The van der Waals surface area contributed by atoms with Crippen LogP contribution in [-0.4, -0.2) is 24.9 Å². The molecule has 5 nitrogen and oxygen atoms in total. The number of aryl methyl sites for hydroxylation is 1. The van der Waals surface area contributed by atoms with E-state index in [-0.39, 0.29) is 24.2 Å². The molecule has 0 atom stereocenters. The molecule has 1 aromatic heterocycles. The second kappa shape index (κ2) is 8.19. The normalized spacial score (nSPS) is 11.3. The van der Waals surface area contributed by atoms with E-state index in [1.807, 2.05) is 19.9 Å². The third-order valence-corrected chi connectivity index (χ3v) is 4.29. The van der Waals surface area contributed by atoms with E-state index in [9.17, 15) is 9.59 Å². The van der Waals surface area contributed by atoms with Crippen molar-refractivity contribution in [3.05, 3.63) is 35.1 Å². The number of amides is 2. The molecule has 0 spiro atoms. The van der Waals surface area contributed by atoms with Crippen LogP contribution in [0.1, 0.15) is 50.3 Å². The Morgan fingerprint density at radius 3 is 2.40 bits per heavy atom. The first-order chi connectivity index (χ1) is 11.8. The smallest absolute Gasteiger partial charge is 0.224 e. The molecule has 2 amide bonds. The van der Waals surface area contributed by atoms with Gasteiger partial charge < -0.3 is 15.1 Å². The van der Waals surface area contributed by atoms with Crippen molar-refractivity contribution in [1.82, 2.24) is 10.6 Å². The molecule has 0 aliphatic heterocycles. The molecule has 25 heavy (non-hydrogen) atoms. The average Bonchev–Trinajstić information content (AvgIpc) is 2.91. The highest BCUT2D eigenvalue weighted by molar-refractivity contribution is 5.88. The van der Waals surface area contributed by atoms with Crippen LogP contribution >= 0.6 is 0 Å². The standard InChI is InChI=1S/C20H28N2O3/c1-12(2)16-10-17-15(11-25-18(17)8-14(16)5)9-19(23)21-6-7-22-20(24)13(3)4/h8,10-13H,6-7,9H2,1-5H3,(H,21,23)(H,22,24). The molecule has 0 bridgehead atoms. The maximum atomic E-state index is 12.2. The Bertz CT molecular complexity index is 760. The minimum atomic E-state index is -0.0758. The van der Waals surface area contributed by atoms with Crippen molar-refractivity contribution in [1.29, 1.82) is 0 Å². The van der Waals surface area contributed by atoms with E-state index >= 15 is 0 Å². The Kier molecular flexibility index (Phi) is 6.23. The summed E-state index contributed by atoms with van der Waals surface area (Å²) in [5, 5.41) is 6.61. The summed E-state index contributed by atoms with van der Waals surface area (Å²) in [6.07, 6.45) is 1.93. The number of fused-ring (bicyclic) bond motifs is 1. The first-order valence-electron chi connectivity index (χ1n) is 8.84. The molecule has 1 heterocycles. The number of nitrogens with one attached hydrogen (secondary N) is 2. The molecule has 1 aromatic carbocycles. The van der Waals surface area contributed by atoms with Gasteiger partial charge in [-0.1, -0.05) is 27.7 Å². The van der Waals surface area contributed by atoms with Crippen LogP contribution in [0.4, 0.5) is 0 Å². The van der Waals surface area contributed by atoms with Crippen LogP contribution in [-0.2, 0) is 16.0 Å². The Morgan fingerprint density at radius 1 is 1.08 bits per heavy atom. The third kappa shape index (κ3) is 4.84. The van der Waals surface area contributed by atoms with E-state index in [0.717, 1.165) is 16.5 Å². The predicted molar refractivity (Wildman–Crippen MR) is 99.6 cm³/mol. The van der Waals surface area contributed by atoms with Crippen LogP contribution < -0.4 is 10.6 Å². The lowest BCUT2D eigenvalue weighted by atomic mass is 9.95. The van der Waals surface area contributed by atoms with Gasteiger partial charge in [-0.15, -0.1) is 0 Å². The zero-order valence-corrected chi connectivity index (χ0v) is 15.7. The van der Waals surface area contributed by atoms with Crippen LogP contribution in [0.15, 0.2) is 22.8 Å². The van der Waals surface area contributed by atoms with Crippen molar-refractivity contribution < 1.29 is 14.0 Å². The van der Waals surface area contributed by atoms with E-state index in [4.69, 9.17) is 4.42 Å². The Balaban J connectivity index is 1.97. The summed E-state index contributed by atoms with van der Waals surface area (Å²) in [4.78, 5) is 23.6. The Hall–Kier alpha value is -2.30. The molecule has 2 rings (SSSR count). The first kappa shape index (κ1) is 19.0. The van der Waals surface area contributed by atoms with Crippen molar-refractivity contribution in [3.63, 3.8) is 0 Å². The van der Waals surface area contributed by atoms with E-state index in [1.165, 1.54) is 11.1 Å². The molecule has 0 saturated heterocycles. The van der Waals surface area contributed by atoms with Crippen LogP contribution in [0.5, 0.6) is 0 Å². The maximum Gasteiger partial charge on any atom is 0.224 e. The summed E-state index contributed by atoms with van der Waals surface area (Å²) in [5.74, 6) is 0.289. The van der Waals surface area contributed by atoms with Gasteiger partial charge in [-0.2, -0.15) is 0 Å². The number of furan rings is 1. The average molecular weight is 344 g/mol. The highest BCUT2D eigenvalue weighted by Crippen LogP contribution is 2.29. The van der Waals surface area contributed by atoms with E-state index in [2.05, 4.69) is 37.5 Å². The van der Waals surface area contributed by atoms with Gasteiger partial charge in [0.25, 0.3) is 0 Å². The van der Waals surface area contributed by atoms with Gasteiger partial charge in [0, 0.05) is 30.0 Å². The van der Waals surface area contributed by atoms with Gasteiger partial charge in [-0.25, -0.2) is 0 Å². The molecular formula is C20H28N2O3. The first-order valence-corrected chi connectivity index (χ1v) is 8.84. The summed E-state index contributed by atoms with van der Waals surface area (Å²) in [6.45, 7) is 10.9. The predicted octanol–water partition coefficient (Wildman–Crippen LogP) is 3.30. The molecule has 0 aliphatic rings. The van der Waals surface area contributed by atoms with Crippen molar-refractivity contribution in [2.45, 2.75) is 47.0 Å². The van der Waals surface area contributed by atoms with Crippen LogP contribution in [0.25, 0.3) is 11.0 Å². The SMILES string of the molecule is Cc1cc2occ(CC(=O)NCCNC(=O)C(C)C)c2cc1C(C)C. The molecule has 0 unspecified atom stereocenters. The fourth-order valence-corrected chi connectivity index (χ4v) is 2.83. The Morgan fingerprint density at radius 2 is 1.76 bits per heavy atom. The molecule has 2 aromatic rings. The summed E-state index contributed by atoms with van der Waals surface area (Å²) in [7, 11) is 0. The van der Waals surface area contributed by atoms with E-state index < -0.39 is 0 Å². The van der Waals surface area contributed by atoms with Gasteiger partial charge in [0.05, 0.1) is 12.7 Å². The summed E-state index contributed by atoms with van der Waals surface area (Å²) in [6, 6.07) is 4.16. The highest BCUT2D eigenvalue weighted by atomic mass is 16.3. The van der Waals surface area contributed by atoms with Crippen LogP contribution in [0, 0.1) is 12.8 Å². The number of carbonyl (C=O) groups is 2. The summed E-state index contributed by atoms with van der Waals surface area (Å²) >= 11 is 0. The van der Waals surface area contributed by atoms with Gasteiger partial charge in [0.15, 0.2) is 0 Å². The minimum Gasteiger partial charge on any atom is -0.464 e. The van der Waals surface area contributed by atoms with Gasteiger partial charge in [-0.05, 0) is 36.1 Å². The molecule has 0 fully saturated rings. The lowest BCUT2D eigenvalue weighted by Crippen LogP contribution is -2.36. The number of carbonyl (C=O) groups excluding carboxylic acids is 2. The molecule has 0 aliphatic carbocycles. The largest absolute Gasteiger partial charge is 0.464 e. The summed E-state index contributed by atoms with van der Waals surface area (Å²) in [5.41, 5.74) is 4.18. The van der Waals surface area contributed by atoms with E-state index in [1.54, 1.807) is 6.26 Å². The second-order valence-corrected chi connectivity index (χ2v) is 7.09. The van der Waals surface area contributed by atoms with Crippen LogP contribution in [0.3, 0.4) is 0 Å². The van der Waals surface area contributed by atoms with Crippen molar-refractivity contribution in [2.75, 3.05) is 13.1 Å². The molecule has 0 radical (unpaired) electrons. The fraction of sp³-hybridized carbons (Fsp3) is 0.500. The molecule has 136 valence electrons. The van der Waals surface area contributed by atoms with Gasteiger partial charge in [0.1, 0.15) is 5.58 Å². The maximum absolute atomic E-state index is 12.2. The zero-order valence-electron chi connectivity index (χ0n) is 15.7. The molecule has 2 N–H and O–H groups in total. The molecule has 5 heteroatoms. The van der Waals surface area contributed by atoms with E-state index in [0.29, 0.717) is 19.0 Å². The highest BCUT2D eigenvalue weighted by Gasteiger charge is 2.14. The topological polar surface area (TPSA) is 71.3 Å². The van der Waals surface area contributed by atoms with Gasteiger partial charge in [-0.3, -0.25) is 9.59 Å². The van der Waals surface area contributed by atoms with Crippen molar-refractivity contribution in [2.24, 2.45) is 5.92 Å². The quantitative estimate of drug-likeness (QED) is 0.757. The second-order valence-electron chi connectivity index (χ2n) is 7.09. The number of rotatable bonds is 7. The summed E-state index contributed by atoms with van der Waals surface area (Å²) < 4.78 is 5.61. The van der Waals surface area contributed by atoms with Crippen molar-refractivity contribution >= 4 is 22.8 Å². The lowest BCUT2D eigenvalue weighted by Gasteiger charge is -2.10. The number of hydrogen-bond donors (Lipinski definition) is 2. The third-order valence-electron chi connectivity index (χ3n) is 4.29. The number of benzene rings is 1. The van der Waals surface area contributed by atoms with Crippen molar-refractivity contribution in [3.8, 4) is 0 Å². The lowest BCUT2D eigenvalue weighted by molar-refractivity contribution is -0.124.